The predicted octanol–water partition coefficient (Wildman–Crippen LogP) is 2.63. The van der Waals surface area contributed by atoms with Crippen LogP contribution < -0.4 is 11.1 Å². The summed E-state index contributed by atoms with van der Waals surface area (Å²) < 4.78 is 0. The Morgan fingerprint density at radius 3 is 2.82 bits per heavy atom. The minimum absolute atomic E-state index is 0.416. The number of nitrogens with two attached hydrogens (primary N) is 1. The summed E-state index contributed by atoms with van der Waals surface area (Å²) in [5, 5.41) is 3.53. The topological polar surface area (TPSA) is 63.8 Å². The summed E-state index contributed by atoms with van der Waals surface area (Å²) in [4.78, 5) is 8.49. The number of hydrogen-bond donors (Lipinski definition) is 2. The molecule has 0 fully saturated rings. The predicted molar refractivity (Wildman–Crippen MR) is 70.0 cm³/mol. The van der Waals surface area contributed by atoms with Crippen molar-refractivity contribution in [2.75, 3.05) is 11.1 Å². The Morgan fingerprint density at radius 1 is 1.24 bits per heavy atom. The Hall–Kier alpha value is -1.81. The fraction of sp³-hybridized carbons (Fsp3) is 0.167. The molecule has 2 aromatic heterocycles. The van der Waals surface area contributed by atoms with E-state index >= 15 is 0 Å². The molecule has 0 bridgehead atoms. The molecular weight excluding hydrogens is 236 g/mol. The lowest BCUT2D eigenvalue weighted by atomic mass is 10.3. The van der Waals surface area contributed by atoms with Gasteiger partial charge in [-0.1, -0.05) is 17.7 Å². The van der Waals surface area contributed by atoms with Crippen molar-refractivity contribution in [2.45, 2.75) is 13.5 Å². The summed E-state index contributed by atoms with van der Waals surface area (Å²) >= 11 is 5.80. The van der Waals surface area contributed by atoms with Gasteiger partial charge in [-0.05, 0) is 31.2 Å². The molecule has 0 aliphatic heterocycles. The quantitative estimate of drug-likeness (QED) is 0.820. The van der Waals surface area contributed by atoms with E-state index in [2.05, 4.69) is 15.3 Å². The molecule has 2 rings (SSSR count). The van der Waals surface area contributed by atoms with E-state index < -0.39 is 0 Å². The van der Waals surface area contributed by atoms with Gasteiger partial charge in [-0.25, -0.2) is 4.98 Å². The molecule has 5 heteroatoms. The maximum atomic E-state index is 5.80. The summed E-state index contributed by atoms with van der Waals surface area (Å²) in [5.74, 6) is 0.584. The van der Waals surface area contributed by atoms with Crippen LogP contribution in [0.25, 0.3) is 0 Å². The lowest BCUT2D eigenvalue weighted by Gasteiger charge is -2.08. The van der Waals surface area contributed by atoms with E-state index in [4.69, 9.17) is 17.3 Å². The third-order valence-electron chi connectivity index (χ3n) is 2.28. The van der Waals surface area contributed by atoms with E-state index in [-0.39, 0.29) is 0 Å². The molecule has 0 saturated heterocycles. The number of anilines is 2. The number of rotatable bonds is 3. The van der Waals surface area contributed by atoms with Gasteiger partial charge in [-0.3, -0.25) is 4.98 Å². The van der Waals surface area contributed by atoms with Crippen LogP contribution >= 0.6 is 11.6 Å². The second-order valence-corrected chi connectivity index (χ2v) is 4.08. The van der Waals surface area contributed by atoms with Gasteiger partial charge in [0.1, 0.15) is 5.15 Å². The van der Waals surface area contributed by atoms with E-state index in [1.54, 1.807) is 12.1 Å². The molecule has 0 aliphatic rings. The first kappa shape index (κ1) is 11.7. The van der Waals surface area contributed by atoms with Gasteiger partial charge < -0.3 is 11.1 Å². The third-order valence-corrected chi connectivity index (χ3v) is 2.49. The highest BCUT2D eigenvalue weighted by Crippen LogP contribution is 2.18. The Labute approximate surface area is 105 Å². The first-order valence-corrected chi connectivity index (χ1v) is 5.61. The zero-order valence-corrected chi connectivity index (χ0v) is 10.2. The molecule has 0 unspecified atom stereocenters. The van der Waals surface area contributed by atoms with Crippen LogP contribution in [-0.2, 0) is 6.54 Å². The monoisotopic (exact) mass is 248 g/mol. The average Bonchev–Trinajstić information content (AvgIpc) is 2.30. The van der Waals surface area contributed by atoms with Crippen LogP contribution in [0, 0.1) is 6.92 Å². The highest BCUT2D eigenvalue weighted by atomic mass is 35.5. The van der Waals surface area contributed by atoms with Crippen molar-refractivity contribution in [1.82, 2.24) is 9.97 Å². The summed E-state index contributed by atoms with van der Waals surface area (Å²) in [5.41, 5.74) is 8.27. The van der Waals surface area contributed by atoms with Crippen molar-refractivity contribution in [3.8, 4) is 0 Å². The number of hydrogen-bond acceptors (Lipinski definition) is 4. The van der Waals surface area contributed by atoms with E-state index in [0.29, 0.717) is 23.2 Å². The number of aromatic nitrogens is 2. The van der Waals surface area contributed by atoms with Crippen molar-refractivity contribution in [1.29, 1.82) is 0 Å². The summed E-state index contributed by atoms with van der Waals surface area (Å²) in [6.07, 6.45) is 0. The Balaban J connectivity index is 2.09. The maximum absolute atomic E-state index is 5.80. The van der Waals surface area contributed by atoms with Gasteiger partial charge in [-0.15, -0.1) is 0 Å². The van der Waals surface area contributed by atoms with Crippen LogP contribution in [0.4, 0.5) is 11.5 Å². The summed E-state index contributed by atoms with van der Waals surface area (Å²) in [6.45, 7) is 2.52. The number of aryl methyl sites for hydroxylation is 1. The Kier molecular flexibility index (Phi) is 3.44. The molecule has 0 saturated carbocycles. The lowest BCUT2D eigenvalue weighted by Crippen LogP contribution is -2.06. The fourth-order valence-corrected chi connectivity index (χ4v) is 1.61. The molecule has 0 atom stereocenters. The smallest absolute Gasteiger partial charge is 0.151 e. The van der Waals surface area contributed by atoms with E-state index in [1.807, 2.05) is 25.1 Å². The first-order chi connectivity index (χ1) is 8.15. The SMILES string of the molecule is Cc1cccc(CNc2nc(Cl)ccc2N)n1. The minimum atomic E-state index is 0.416. The number of pyridine rings is 2. The zero-order valence-electron chi connectivity index (χ0n) is 9.44. The largest absolute Gasteiger partial charge is 0.396 e. The third kappa shape index (κ3) is 3.07. The zero-order chi connectivity index (χ0) is 12.3. The van der Waals surface area contributed by atoms with E-state index in [1.165, 1.54) is 0 Å². The van der Waals surface area contributed by atoms with Crippen molar-refractivity contribution in [3.63, 3.8) is 0 Å². The maximum Gasteiger partial charge on any atom is 0.151 e. The molecular formula is C12H13ClN4. The fourth-order valence-electron chi connectivity index (χ4n) is 1.46. The van der Waals surface area contributed by atoms with Crippen LogP contribution in [0.5, 0.6) is 0 Å². The lowest BCUT2D eigenvalue weighted by molar-refractivity contribution is 1.00. The Morgan fingerprint density at radius 2 is 2.06 bits per heavy atom. The van der Waals surface area contributed by atoms with Gasteiger partial charge in [0.2, 0.25) is 0 Å². The number of nitrogens with one attached hydrogen (secondary N) is 1. The van der Waals surface area contributed by atoms with Crippen molar-refractivity contribution < 1.29 is 0 Å². The van der Waals surface area contributed by atoms with Crippen LogP contribution in [-0.4, -0.2) is 9.97 Å². The van der Waals surface area contributed by atoms with Gasteiger partial charge >= 0.3 is 0 Å². The van der Waals surface area contributed by atoms with Crippen LogP contribution in [0.15, 0.2) is 30.3 Å². The molecule has 0 aromatic carbocycles. The Bertz CT molecular complexity index is 528. The molecule has 17 heavy (non-hydrogen) atoms. The average molecular weight is 249 g/mol. The molecule has 3 N–H and O–H groups in total. The van der Waals surface area contributed by atoms with Gasteiger partial charge in [0.05, 0.1) is 17.9 Å². The highest BCUT2D eigenvalue weighted by molar-refractivity contribution is 6.29. The van der Waals surface area contributed by atoms with Crippen molar-refractivity contribution in [2.24, 2.45) is 0 Å². The number of nitrogens with zero attached hydrogens (tertiary/aromatic N) is 2. The second-order valence-electron chi connectivity index (χ2n) is 3.70. The van der Waals surface area contributed by atoms with E-state index in [9.17, 15) is 0 Å². The molecule has 2 heterocycles. The molecule has 0 aliphatic carbocycles. The van der Waals surface area contributed by atoms with Crippen molar-refractivity contribution >= 4 is 23.1 Å². The first-order valence-electron chi connectivity index (χ1n) is 5.23. The molecule has 4 nitrogen and oxygen atoms in total. The van der Waals surface area contributed by atoms with Crippen LogP contribution in [0.1, 0.15) is 11.4 Å². The number of halogens is 1. The minimum Gasteiger partial charge on any atom is -0.396 e. The molecule has 0 amide bonds. The summed E-state index contributed by atoms with van der Waals surface area (Å²) in [7, 11) is 0. The van der Waals surface area contributed by atoms with Gasteiger partial charge in [0, 0.05) is 5.69 Å². The van der Waals surface area contributed by atoms with Gasteiger partial charge in [0.15, 0.2) is 5.82 Å². The molecule has 0 radical (unpaired) electrons. The normalized spacial score (nSPS) is 10.2. The molecule has 88 valence electrons. The highest BCUT2D eigenvalue weighted by Gasteiger charge is 2.02. The summed E-state index contributed by atoms with van der Waals surface area (Å²) in [6, 6.07) is 9.25. The van der Waals surface area contributed by atoms with Crippen molar-refractivity contribution in [3.05, 3.63) is 46.9 Å². The van der Waals surface area contributed by atoms with Gasteiger partial charge in [0.25, 0.3) is 0 Å². The molecule has 2 aromatic rings. The van der Waals surface area contributed by atoms with E-state index in [0.717, 1.165) is 11.4 Å². The van der Waals surface area contributed by atoms with Gasteiger partial charge in [-0.2, -0.15) is 0 Å². The molecule has 0 spiro atoms. The number of nitrogen functional groups attached to an aromatic ring is 1. The van der Waals surface area contributed by atoms with Crippen LogP contribution in [0.2, 0.25) is 5.15 Å². The van der Waals surface area contributed by atoms with Crippen LogP contribution in [0.3, 0.4) is 0 Å². The standard InChI is InChI=1S/C12H13ClN4/c1-8-3-2-4-9(16-8)7-15-12-10(14)5-6-11(13)17-12/h2-6H,7,14H2,1H3,(H,15,17). The second kappa shape index (κ2) is 5.01.